The lowest BCUT2D eigenvalue weighted by atomic mass is 9.67. The molecule has 15 heavy (non-hydrogen) atoms. The zero-order valence-corrected chi connectivity index (χ0v) is 10.4. The monoisotopic (exact) mass is 207 g/mol. The topological polar surface area (TPSA) is 12.0 Å². The van der Waals surface area contributed by atoms with Crippen LogP contribution in [0.4, 0.5) is 0 Å². The maximum Gasteiger partial charge on any atom is 0.0135 e. The zero-order valence-electron chi connectivity index (χ0n) is 10.4. The van der Waals surface area contributed by atoms with Crippen LogP contribution < -0.4 is 5.32 Å². The lowest BCUT2D eigenvalue weighted by molar-refractivity contribution is 0.229. The van der Waals surface area contributed by atoms with Crippen LogP contribution in [0.1, 0.15) is 46.5 Å². The van der Waals surface area contributed by atoms with Gasteiger partial charge in [0.2, 0.25) is 0 Å². The van der Waals surface area contributed by atoms with Crippen molar-refractivity contribution in [3.63, 3.8) is 0 Å². The van der Waals surface area contributed by atoms with Crippen molar-refractivity contribution >= 4 is 0 Å². The van der Waals surface area contributed by atoms with Crippen molar-refractivity contribution in [2.75, 3.05) is 6.54 Å². The van der Waals surface area contributed by atoms with Crippen molar-refractivity contribution in [2.45, 2.75) is 52.5 Å². The van der Waals surface area contributed by atoms with Crippen LogP contribution in [0, 0.1) is 17.8 Å². The molecule has 1 nitrogen and oxygen atoms in total. The molecule has 0 radical (unpaired) electrons. The first-order valence-electron chi connectivity index (χ1n) is 6.64. The Labute approximate surface area is 94.3 Å². The van der Waals surface area contributed by atoms with Crippen LogP contribution in [-0.4, -0.2) is 12.6 Å². The third kappa shape index (κ3) is 2.44. The number of rotatable bonds is 4. The van der Waals surface area contributed by atoms with E-state index >= 15 is 0 Å². The van der Waals surface area contributed by atoms with Gasteiger partial charge in [0.05, 0.1) is 0 Å². The smallest absolute Gasteiger partial charge is 0.0135 e. The molecule has 0 spiro atoms. The van der Waals surface area contributed by atoms with Crippen LogP contribution in [-0.2, 0) is 0 Å². The molecular formula is C14H25N. The van der Waals surface area contributed by atoms with E-state index in [4.69, 9.17) is 0 Å². The normalized spacial score (nSPS) is 34.7. The summed E-state index contributed by atoms with van der Waals surface area (Å²) >= 11 is 0. The Morgan fingerprint density at radius 1 is 1.40 bits per heavy atom. The van der Waals surface area contributed by atoms with Gasteiger partial charge in [-0.05, 0) is 50.0 Å². The summed E-state index contributed by atoms with van der Waals surface area (Å²) in [5, 5.41) is 3.65. The molecule has 0 heterocycles. The van der Waals surface area contributed by atoms with E-state index in [1.54, 1.807) is 5.57 Å². The van der Waals surface area contributed by atoms with Crippen molar-refractivity contribution in [2.24, 2.45) is 17.8 Å². The van der Waals surface area contributed by atoms with Crippen molar-refractivity contribution in [3.8, 4) is 0 Å². The highest BCUT2D eigenvalue weighted by Gasteiger charge is 2.35. The van der Waals surface area contributed by atoms with Crippen molar-refractivity contribution in [1.82, 2.24) is 5.32 Å². The Kier molecular flexibility index (Phi) is 3.50. The van der Waals surface area contributed by atoms with Crippen LogP contribution in [0.5, 0.6) is 0 Å². The fraction of sp³-hybridized carbons (Fsp3) is 0.857. The van der Waals surface area contributed by atoms with Crippen molar-refractivity contribution in [3.05, 3.63) is 11.6 Å². The van der Waals surface area contributed by atoms with Gasteiger partial charge in [0, 0.05) is 6.04 Å². The summed E-state index contributed by atoms with van der Waals surface area (Å²) in [7, 11) is 0. The summed E-state index contributed by atoms with van der Waals surface area (Å²) in [6, 6.07) is 0.782. The predicted molar refractivity (Wildman–Crippen MR) is 65.8 cm³/mol. The molecule has 1 fully saturated rings. The molecule has 0 aromatic carbocycles. The predicted octanol–water partition coefficient (Wildman–Crippen LogP) is 3.37. The van der Waals surface area contributed by atoms with Crippen molar-refractivity contribution in [1.29, 1.82) is 0 Å². The van der Waals surface area contributed by atoms with Gasteiger partial charge >= 0.3 is 0 Å². The molecule has 3 atom stereocenters. The summed E-state index contributed by atoms with van der Waals surface area (Å²) in [5.41, 5.74) is 1.77. The van der Waals surface area contributed by atoms with Gasteiger partial charge in [0.1, 0.15) is 0 Å². The third-order valence-electron chi connectivity index (χ3n) is 3.97. The highest BCUT2D eigenvalue weighted by Crippen LogP contribution is 2.42. The summed E-state index contributed by atoms with van der Waals surface area (Å²) < 4.78 is 0. The first kappa shape index (κ1) is 11.2. The molecule has 0 saturated heterocycles. The van der Waals surface area contributed by atoms with E-state index in [1.807, 2.05) is 0 Å². The Balaban J connectivity index is 2.02. The van der Waals surface area contributed by atoms with Gasteiger partial charge in [0.25, 0.3) is 0 Å². The SMILES string of the molecule is CCN[C@H]1C[C@@H]2CCC1C=C2CC(C)C. The van der Waals surface area contributed by atoms with Gasteiger partial charge in [-0.2, -0.15) is 0 Å². The zero-order chi connectivity index (χ0) is 10.8. The van der Waals surface area contributed by atoms with Gasteiger partial charge in [-0.3, -0.25) is 0 Å². The maximum atomic E-state index is 3.65. The van der Waals surface area contributed by atoms with Gasteiger partial charge in [0.15, 0.2) is 0 Å². The number of hydrogen-bond donors (Lipinski definition) is 1. The van der Waals surface area contributed by atoms with E-state index in [1.165, 1.54) is 25.7 Å². The average molecular weight is 207 g/mol. The highest BCUT2D eigenvalue weighted by atomic mass is 14.9. The van der Waals surface area contributed by atoms with Crippen LogP contribution >= 0.6 is 0 Å². The number of hydrogen-bond acceptors (Lipinski definition) is 1. The second kappa shape index (κ2) is 4.69. The summed E-state index contributed by atoms with van der Waals surface area (Å²) in [4.78, 5) is 0. The van der Waals surface area contributed by atoms with Gasteiger partial charge < -0.3 is 5.32 Å². The van der Waals surface area contributed by atoms with Crippen molar-refractivity contribution < 1.29 is 0 Å². The van der Waals surface area contributed by atoms with Gasteiger partial charge in [-0.25, -0.2) is 0 Å². The van der Waals surface area contributed by atoms with E-state index in [0.717, 1.165) is 30.3 Å². The molecule has 0 aromatic heterocycles. The molecule has 3 aliphatic rings. The standard InChI is InChI=1S/C14H25N/c1-4-15-14-9-11-5-6-12(14)8-13(11)7-10(2)3/h8,10-12,14-15H,4-7,9H2,1-3H3/t11-,12?,14-/m0/s1. The van der Waals surface area contributed by atoms with Crippen LogP contribution in [0.3, 0.4) is 0 Å². The lowest BCUT2D eigenvalue weighted by Gasteiger charge is -2.42. The molecule has 1 saturated carbocycles. The minimum atomic E-state index is 0.782. The Morgan fingerprint density at radius 3 is 2.73 bits per heavy atom. The Hall–Kier alpha value is -0.300. The van der Waals surface area contributed by atoms with E-state index in [-0.39, 0.29) is 0 Å². The Morgan fingerprint density at radius 2 is 2.20 bits per heavy atom. The Bertz CT molecular complexity index is 242. The van der Waals surface area contributed by atoms with Gasteiger partial charge in [-0.15, -0.1) is 0 Å². The quantitative estimate of drug-likeness (QED) is 0.697. The molecular weight excluding hydrogens is 182 g/mol. The molecule has 3 rings (SSSR count). The van der Waals surface area contributed by atoms with E-state index in [0.29, 0.717) is 0 Å². The number of allylic oxidation sites excluding steroid dienone is 1. The molecule has 2 bridgehead atoms. The summed E-state index contributed by atoms with van der Waals surface area (Å²) in [5.74, 6) is 2.57. The summed E-state index contributed by atoms with van der Waals surface area (Å²) in [6.45, 7) is 8.03. The second-order valence-corrected chi connectivity index (χ2v) is 5.68. The number of nitrogens with one attached hydrogen (secondary N) is 1. The average Bonchev–Trinajstić information content (AvgIpc) is 2.19. The highest BCUT2D eigenvalue weighted by molar-refractivity contribution is 5.19. The molecule has 1 N–H and O–H groups in total. The largest absolute Gasteiger partial charge is 0.314 e. The van der Waals surface area contributed by atoms with E-state index in [9.17, 15) is 0 Å². The molecule has 0 aromatic rings. The third-order valence-corrected chi connectivity index (χ3v) is 3.97. The minimum absolute atomic E-state index is 0.782. The van der Waals surface area contributed by atoms with Crippen LogP contribution in [0.15, 0.2) is 11.6 Å². The molecule has 0 aliphatic heterocycles. The first-order valence-corrected chi connectivity index (χ1v) is 6.64. The lowest BCUT2D eigenvalue weighted by Crippen LogP contribution is -2.43. The second-order valence-electron chi connectivity index (χ2n) is 5.68. The fourth-order valence-corrected chi connectivity index (χ4v) is 3.34. The van der Waals surface area contributed by atoms with Crippen LogP contribution in [0.25, 0.3) is 0 Å². The molecule has 1 heteroatoms. The van der Waals surface area contributed by atoms with Crippen LogP contribution in [0.2, 0.25) is 0 Å². The molecule has 1 unspecified atom stereocenters. The minimum Gasteiger partial charge on any atom is -0.314 e. The summed E-state index contributed by atoms with van der Waals surface area (Å²) in [6.07, 6.45) is 8.21. The molecule has 86 valence electrons. The van der Waals surface area contributed by atoms with E-state index < -0.39 is 0 Å². The molecule has 0 amide bonds. The first-order chi connectivity index (χ1) is 7.20. The fourth-order valence-electron chi connectivity index (χ4n) is 3.34. The maximum absolute atomic E-state index is 3.65. The van der Waals surface area contributed by atoms with Gasteiger partial charge in [-0.1, -0.05) is 32.4 Å². The molecule has 3 aliphatic carbocycles. The van der Waals surface area contributed by atoms with E-state index in [2.05, 4.69) is 32.2 Å². The number of fused-ring (bicyclic) bond motifs is 2.